The number of rotatable bonds is 2. The van der Waals surface area contributed by atoms with Crippen LogP contribution in [0, 0.1) is 20.8 Å². The molecule has 19 heavy (non-hydrogen) atoms. The molecule has 0 bridgehead atoms. The number of nitrogens with zero attached hydrogens (tertiary/aromatic N) is 3. The van der Waals surface area contributed by atoms with Gasteiger partial charge in [-0.1, -0.05) is 0 Å². The van der Waals surface area contributed by atoms with Crippen molar-refractivity contribution in [2.75, 3.05) is 6.26 Å². The lowest BCUT2D eigenvalue weighted by molar-refractivity contribution is 0.654. The molecule has 4 nitrogen and oxygen atoms in total. The minimum atomic E-state index is -1.06. The molecule has 0 aromatic carbocycles. The van der Waals surface area contributed by atoms with E-state index in [9.17, 15) is 4.21 Å². The van der Waals surface area contributed by atoms with E-state index in [1.165, 1.54) is 0 Å². The van der Waals surface area contributed by atoms with Crippen molar-refractivity contribution < 1.29 is 4.21 Å². The molecule has 2 aromatic rings. The summed E-state index contributed by atoms with van der Waals surface area (Å²) in [6, 6.07) is 2.04. The molecule has 1 atom stereocenters. The van der Waals surface area contributed by atoms with Crippen molar-refractivity contribution in [3.63, 3.8) is 0 Å². The van der Waals surface area contributed by atoms with Gasteiger partial charge in [-0.2, -0.15) is 5.10 Å². The van der Waals surface area contributed by atoms with E-state index >= 15 is 0 Å². The highest BCUT2D eigenvalue weighted by Gasteiger charge is 2.19. The van der Waals surface area contributed by atoms with Gasteiger partial charge in [0.1, 0.15) is 10.7 Å². The maximum atomic E-state index is 11.8. The molecule has 0 fully saturated rings. The van der Waals surface area contributed by atoms with Crippen LogP contribution in [0.1, 0.15) is 16.8 Å². The molecule has 0 amide bonds. The standard InChI is InChI=1S/C13H16BrN3OS/c1-7-6-10(14)9(3)15-11(7)12-8(2)13(19(5)18)17(4)16-12/h6H,1-5H3. The summed E-state index contributed by atoms with van der Waals surface area (Å²) in [5.74, 6) is 0. The molecule has 1 unspecified atom stereocenters. The van der Waals surface area contributed by atoms with E-state index in [1.807, 2.05) is 33.9 Å². The quantitative estimate of drug-likeness (QED) is 0.843. The van der Waals surface area contributed by atoms with Crippen molar-refractivity contribution in [2.45, 2.75) is 25.8 Å². The van der Waals surface area contributed by atoms with Gasteiger partial charge in [0, 0.05) is 23.3 Å². The van der Waals surface area contributed by atoms with Crippen LogP contribution in [0.2, 0.25) is 0 Å². The molecule has 0 saturated carbocycles. The van der Waals surface area contributed by atoms with Crippen LogP contribution in [0.3, 0.4) is 0 Å². The highest BCUT2D eigenvalue weighted by molar-refractivity contribution is 9.10. The van der Waals surface area contributed by atoms with Gasteiger partial charge >= 0.3 is 0 Å². The van der Waals surface area contributed by atoms with E-state index in [2.05, 4.69) is 26.0 Å². The minimum Gasteiger partial charge on any atom is -0.259 e. The third-order valence-corrected chi connectivity index (χ3v) is 4.98. The monoisotopic (exact) mass is 341 g/mol. The Bertz CT molecular complexity index is 679. The average molecular weight is 342 g/mol. The van der Waals surface area contributed by atoms with Gasteiger partial charge in [0.15, 0.2) is 0 Å². The topological polar surface area (TPSA) is 47.8 Å². The largest absolute Gasteiger partial charge is 0.259 e. The number of aromatic nitrogens is 3. The zero-order chi connectivity index (χ0) is 14.3. The lowest BCUT2D eigenvalue weighted by atomic mass is 10.1. The van der Waals surface area contributed by atoms with Crippen molar-refractivity contribution in [2.24, 2.45) is 7.05 Å². The Balaban J connectivity index is 2.70. The predicted molar refractivity (Wildman–Crippen MR) is 80.7 cm³/mol. The summed E-state index contributed by atoms with van der Waals surface area (Å²) in [5, 5.41) is 5.23. The first kappa shape index (κ1) is 14.4. The molecule has 0 aliphatic rings. The van der Waals surface area contributed by atoms with Gasteiger partial charge in [-0.05, 0) is 48.3 Å². The lowest BCUT2D eigenvalue weighted by Gasteiger charge is -2.06. The number of hydrogen-bond acceptors (Lipinski definition) is 3. The minimum absolute atomic E-state index is 0.747. The Hall–Kier alpha value is -1.01. The molecule has 102 valence electrons. The SMILES string of the molecule is Cc1cc(Br)c(C)nc1-c1nn(C)c(S(C)=O)c1C. The first-order valence-electron chi connectivity index (χ1n) is 5.84. The van der Waals surface area contributed by atoms with Gasteiger partial charge in [0.25, 0.3) is 0 Å². The molecule has 0 saturated heterocycles. The summed E-state index contributed by atoms with van der Waals surface area (Å²) in [6.45, 7) is 5.89. The van der Waals surface area contributed by atoms with Crippen molar-refractivity contribution in [1.29, 1.82) is 0 Å². The molecule has 2 rings (SSSR count). The highest BCUT2D eigenvalue weighted by Crippen LogP contribution is 2.29. The van der Waals surface area contributed by atoms with Gasteiger partial charge < -0.3 is 0 Å². The van der Waals surface area contributed by atoms with Gasteiger partial charge in [-0.25, -0.2) is 4.98 Å². The second kappa shape index (κ2) is 5.17. The van der Waals surface area contributed by atoms with Gasteiger partial charge in [-0.3, -0.25) is 8.89 Å². The maximum absolute atomic E-state index is 11.8. The van der Waals surface area contributed by atoms with Crippen LogP contribution < -0.4 is 0 Å². The van der Waals surface area contributed by atoms with E-state index in [0.29, 0.717) is 0 Å². The highest BCUT2D eigenvalue weighted by atomic mass is 79.9. The van der Waals surface area contributed by atoms with E-state index < -0.39 is 10.8 Å². The summed E-state index contributed by atoms with van der Waals surface area (Å²) >= 11 is 3.48. The normalized spacial score (nSPS) is 12.7. The number of halogens is 1. The van der Waals surface area contributed by atoms with Crippen LogP contribution in [0.5, 0.6) is 0 Å². The lowest BCUT2D eigenvalue weighted by Crippen LogP contribution is -2.00. The van der Waals surface area contributed by atoms with Crippen LogP contribution in [-0.4, -0.2) is 25.2 Å². The zero-order valence-electron chi connectivity index (χ0n) is 11.6. The first-order chi connectivity index (χ1) is 8.82. The predicted octanol–water partition coefficient (Wildman–Crippen LogP) is 2.91. The molecule has 0 N–H and O–H groups in total. The molecular formula is C13H16BrN3OS. The number of hydrogen-bond donors (Lipinski definition) is 0. The molecule has 0 aliphatic heterocycles. The van der Waals surface area contributed by atoms with Crippen LogP contribution in [0.15, 0.2) is 15.6 Å². The van der Waals surface area contributed by atoms with Crippen LogP contribution in [-0.2, 0) is 17.8 Å². The van der Waals surface area contributed by atoms with Crippen molar-refractivity contribution in [3.8, 4) is 11.4 Å². The summed E-state index contributed by atoms with van der Waals surface area (Å²) in [6.07, 6.45) is 1.67. The zero-order valence-corrected chi connectivity index (χ0v) is 14.0. The van der Waals surface area contributed by atoms with Crippen molar-refractivity contribution >= 4 is 26.7 Å². The summed E-state index contributed by atoms with van der Waals surface area (Å²) in [4.78, 5) is 4.60. The van der Waals surface area contributed by atoms with Gasteiger partial charge in [0.2, 0.25) is 0 Å². The maximum Gasteiger partial charge on any atom is 0.128 e. The van der Waals surface area contributed by atoms with Crippen molar-refractivity contribution in [3.05, 3.63) is 27.4 Å². The average Bonchev–Trinajstić information content (AvgIpc) is 2.59. The van der Waals surface area contributed by atoms with E-state index in [-0.39, 0.29) is 0 Å². The summed E-state index contributed by atoms with van der Waals surface area (Å²) < 4.78 is 14.4. The third kappa shape index (κ3) is 2.51. The second-order valence-corrected chi connectivity index (χ2v) is 6.73. The van der Waals surface area contributed by atoms with Crippen LogP contribution in [0.4, 0.5) is 0 Å². The van der Waals surface area contributed by atoms with E-state index in [1.54, 1.807) is 10.9 Å². The van der Waals surface area contributed by atoms with E-state index in [4.69, 9.17) is 0 Å². The Morgan fingerprint density at radius 1 is 1.26 bits per heavy atom. The van der Waals surface area contributed by atoms with Gasteiger partial charge in [0.05, 0.1) is 22.2 Å². The van der Waals surface area contributed by atoms with Crippen LogP contribution >= 0.6 is 15.9 Å². The molecule has 2 heterocycles. The fourth-order valence-corrected chi connectivity index (χ4v) is 3.53. The smallest absolute Gasteiger partial charge is 0.128 e. The Labute approximate surface area is 123 Å². The van der Waals surface area contributed by atoms with Crippen LogP contribution in [0.25, 0.3) is 11.4 Å². The second-order valence-electron chi connectivity index (χ2n) is 4.58. The molecule has 2 aromatic heterocycles. The Kier molecular flexibility index (Phi) is 3.92. The summed E-state index contributed by atoms with van der Waals surface area (Å²) in [5.41, 5.74) is 4.56. The molecule has 0 spiro atoms. The molecule has 6 heteroatoms. The molecule has 0 radical (unpaired) electrons. The summed E-state index contributed by atoms with van der Waals surface area (Å²) in [7, 11) is 0.756. The third-order valence-electron chi connectivity index (χ3n) is 3.06. The fourth-order valence-electron chi connectivity index (χ4n) is 2.15. The molecule has 0 aliphatic carbocycles. The van der Waals surface area contributed by atoms with Crippen molar-refractivity contribution in [1.82, 2.24) is 14.8 Å². The Morgan fingerprint density at radius 3 is 2.42 bits per heavy atom. The van der Waals surface area contributed by atoms with E-state index in [0.717, 1.165) is 37.7 Å². The number of aryl methyl sites for hydroxylation is 3. The number of pyridine rings is 1. The first-order valence-corrected chi connectivity index (χ1v) is 8.19. The Morgan fingerprint density at radius 2 is 1.89 bits per heavy atom. The fraction of sp³-hybridized carbons (Fsp3) is 0.385. The molecular weight excluding hydrogens is 326 g/mol. The van der Waals surface area contributed by atoms with Gasteiger partial charge in [-0.15, -0.1) is 0 Å².